The zero-order valence-corrected chi connectivity index (χ0v) is 24.8. The second-order valence-electron chi connectivity index (χ2n) is 11.3. The van der Waals surface area contributed by atoms with Gasteiger partial charge in [-0.2, -0.15) is 9.97 Å². The molecule has 6 rings (SSSR count). The molecule has 0 atom stereocenters. The van der Waals surface area contributed by atoms with Gasteiger partial charge in [-0.15, -0.1) is 0 Å². The van der Waals surface area contributed by atoms with Gasteiger partial charge in [0.15, 0.2) is 5.82 Å². The molecule has 1 aliphatic carbocycles. The highest BCUT2D eigenvalue weighted by Gasteiger charge is 2.26. The number of hydrogen-bond acceptors (Lipinski definition) is 8. The number of para-hydroxylation sites is 2. The van der Waals surface area contributed by atoms with Crippen LogP contribution in [-0.4, -0.2) is 78.0 Å². The highest BCUT2D eigenvalue weighted by molar-refractivity contribution is 5.89. The molecule has 44 heavy (non-hydrogen) atoms. The minimum atomic E-state index is -2.78. The van der Waals surface area contributed by atoms with Crippen molar-refractivity contribution in [3.8, 4) is 5.82 Å². The molecule has 11 nitrogen and oxygen atoms in total. The lowest BCUT2D eigenvalue weighted by Crippen LogP contribution is -2.42. The summed E-state index contributed by atoms with van der Waals surface area (Å²) in [6.45, 7) is 2.40. The van der Waals surface area contributed by atoms with Crippen molar-refractivity contribution in [1.29, 1.82) is 0 Å². The number of benzene rings is 2. The predicted octanol–water partition coefficient (Wildman–Crippen LogP) is 5.20. The van der Waals surface area contributed by atoms with Crippen LogP contribution in [0.4, 0.5) is 36.7 Å². The van der Waals surface area contributed by atoms with Gasteiger partial charge in [-0.05, 0) is 62.1 Å². The molecule has 3 heterocycles. The second-order valence-corrected chi connectivity index (χ2v) is 11.3. The Morgan fingerprint density at radius 1 is 0.932 bits per heavy atom. The smallest absolute Gasteiger partial charge is 0.319 e. The lowest BCUT2D eigenvalue weighted by Gasteiger charge is -2.31. The van der Waals surface area contributed by atoms with Crippen LogP contribution in [-0.2, 0) is 4.74 Å². The number of anilines is 4. The zero-order valence-electron chi connectivity index (χ0n) is 24.8. The Balaban J connectivity index is 1.15. The topological polar surface area (TPSA) is 112 Å². The molecule has 2 aromatic carbocycles. The highest BCUT2D eigenvalue weighted by atomic mass is 19.3. The van der Waals surface area contributed by atoms with Crippen molar-refractivity contribution >= 4 is 40.2 Å². The van der Waals surface area contributed by atoms with Gasteiger partial charge in [0, 0.05) is 56.7 Å². The third kappa shape index (κ3) is 6.67. The number of fused-ring (bicyclic) bond motifs is 1. The number of carbonyl (C=O) groups is 1. The number of ether oxygens (including phenoxy) is 1. The molecular weight excluding hydrogens is 568 g/mol. The van der Waals surface area contributed by atoms with Gasteiger partial charge in [-0.3, -0.25) is 4.57 Å². The Labute approximate surface area is 254 Å². The van der Waals surface area contributed by atoms with E-state index in [1.165, 1.54) is 4.57 Å². The molecule has 0 spiro atoms. The minimum absolute atomic E-state index is 0.0381. The quantitative estimate of drug-likeness (QED) is 0.251. The van der Waals surface area contributed by atoms with Crippen LogP contribution in [0.2, 0.25) is 0 Å². The van der Waals surface area contributed by atoms with Crippen molar-refractivity contribution in [2.75, 3.05) is 60.8 Å². The fourth-order valence-electron chi connectivity index (χ4n) is 5.75. The zero-order chi connectivity index (χ0) is 30.6. The van der Waals surface area contributed by atoms with Crippen LogP contribution in [0.1, 0.15) is 37.9 Å². The van der Waals surface area contributed by atoms with Crippen molar-refractivity contribution in [3.05, 3.63) is 60.4 Å². The van der Waals surface area contributed by atoms with E-state index in [2.05, 4.69) is 25.8 Å². The summed E-state index contributed by atoms with van der Waals surface area (Å²) >= 11 is 0. The number of halogens is 2. The third-order valence-corrected chi connectivity index (χ3v) is 8.08. The van der Waals surface area contributed by atoms with Gasteiger partial charge in [0.25, 0.3) is 6.43 Å². The Bertz CT molecular complexity index is 1580. The molecule has 0 bridgehead atoms. The van der Waals surface area contributed by atoms with Crippen molar-refractivity contribution in [3.63, 3.8) is 0 Å². The molecule has 232 valence electrons. The predicted molar refractivity (Wildman–Crippen MR) is 167 cm³/mol. The fraction of sp³-hybridized carbons (Fsp3) is 0.419. The Morgan fingerprint density at radius 2 is 1.61 bits per heavy atom. The van der Waals surface area contributed by atoms with E-state index in [-0.39, 0.29) is 23.9 Å². The van der Waals surface area contributed by atoms with E-state index in [0.717, 1.165) is 37.1 Å². The summed E-state index contributed by atoms with van der Waals surface area (Å²) in [5.41, 5.74) is 2.82. The average molecular weight is 606 g/mol. The standard InChI is InChI=1S/C31H37F2N9O2/c1-40(2)23-13-11-22(12-14-23)36-31(43)35-21-9-7-20(8-10-21)34-30-38-26(41-15-17-44-18-16-41)19-27(39-30)42-25-6-4-3-5-24(25)37-29(42)28(32)33/h3-6,11-14,19-21,28H,7-10,15-18H2,1-2H3,(H,34,38,39)(H2,35,36,43)/t20-,21-. The summed E-state index contributed by atoms with van der Waals surface area (Å²) in [6.07, 6.45) is 0.362. The second kappa shape index (κ2) is 13.0. The average Bonchev–Trinajstić information content (AvgIpc) is 3.43. The number of imidazole rings is 1. The molecular formula is C31H37F2N9O2. The van der Waals surface area contributed by atoms with E-state index < -0.39 is 6.43 Å². The number of nitrogens with zero attached hydrogens (tertiary/aromatic N) is 6. The van der Waals surface area contributed by atoms with Gasteiger partial charge in [0.05, 0.1) is 24.2 Å². The van der Waals surface area contributed by atoms with Crippen LogP contribution >= 0.6 is 0 Å². The molecule has 4 aromatic rings. The first-order valence-corrected chi connectivity index (χ1v) is 14.9. The van der Waals surface area contributed by atoms with Gasteiger partial charge < -0.3 is 30.5 Å². The number of alkyl halides is 2. The normalized spacial score (nSPS) is 18.8. The number of rotatable bonds is 8. The van der Waals surface area contributed by atoms with Gasteiger partial charge in [0.2, 0.25) is 5.95 Å². The lowest BCUT2D eigenvalue weighted by molar-refractivity contribution is 0.122. The minimum Gasteiger partial charge on any atom is -0.378 e. The number of nitrogens with one attached hydrogen (secondary N) is 3. The number of aromatic nitrogens is 4. The van der Waals surface area contributed by atoms with Crippen LogP contribution in [0.15, 0.2) is 54.6 Å². The molecule has 1 aliphatic heterocycles. The summed E-state index contributed by atoms with van der Waals surface area (Å²) in [5.74, 6) is 0.989. The Kier molecular flexibility index (Phi) is 8.73. The first kappa shape index (κ1) is 29.5. The summed E-state index contributed by atoms with van der Waals surface area (Å²) in [4.78, 5) is 30.4. The van der Waals surface area contributed by atoms with E-state index in [9.17, 15) is 13.6 Å². The van der Waals surface area contributed by atoms with E-state index in [1.807, 2.05) is 43.3 Å². The number of hydrogen-bond donors (Lipinski definition) is 3. The van der Waals surface area contributed by atoms with E-state index in [4.69, 9.17) is 14.7 Å². The van der Waals surface area contributed by atoms with Crippen LogP contribution in [0.3, 0.4) is 0 Å². The van der Waals surface area contributed by atoms with E-state index in [0.29, 0.717) is 54.9 Å². The molecule has 2 aliphatic rings. The van der Waals surface area contributed by atoms with Crippen LogP contribution < -0.4 is 25.8 Å². The van der Waals surface area contributed by atoms with Crippen molar-refractivity contribution in [2.45, 2.75) is 44.2 Å². The monoisotopic (exact) mass is 605 g/mol. The van der Waals surface area contributed by atoms with Gasteiger partial charge >= 0.3 is 6.03 Å². The summed E-state index contributed by atoms with van der Waals surface area (Å²) in [7, 11) is 3.94. The first-order valence-electron chi connectivity index (χ1n) is 14.9. The largest absolute Gasteiger partial charge is 0.378 e. The molecule has 2 aromatic heterocycles. The molecule has 1 saturated heterocycles. The molecule has 2 fully saturated rings. The molecule has 0 unspecified atom stereocenters. The molecule has 3 N–H and O–H groups in total. The first-order chi connectivity index (χ1) is 21.3. The molecule has 13 heteroatoms. The lowest BCUT2D eigenvalue weighted by atomic mass is 9.91. The SMILES string of the molecule is CN(C)c1ccc(NC(=O)N[C@H]2CC[C@H](Nc3nc(N4CCOCC4)cc(-n4c(C(F)F)nc5ccccc54)n3)CC2)cc1. The number of morpholine rings is 1. The summed E-state index contributed by atoms with van der Waals surface area (Å²) in [6, 6.07) is 16.3. The number of urea groups is 1. The van der Waals surface area contributed by atoms with Gasteiger partial charge in [-0.25, -0.2) is 18.6 Å². The third-order valence-electron chi connectivity index (χ3n) is 8.08. The summed E-state index contributed by atoms with van der Waals surface area (Å²) < 4.78 is 35.3. The van der Waals surface area contributed by atoms with Crippen molar-refractivity contribution in [2.24, 2.45) is 0 Å². The number of carbonyl (C=O) groups excluding carboxylic acids is 1. The highest BCUT2D eigenvalue weighted by Crippen LogP contribution is 2.30. The molecule has 1 saturated carbocycles. The Morgan fingerprint density at radius 3 is 2.32 bits per heavy atom. The van der Waals surface area contributed by atoms with Gasteiger partial charge in [-0.1, -0.05) is 12.1 Å². The number of amides is 2. The van der Waals surface area contributed by atoms with E-state index >= 15 is 0 Å². The molecule has 0 radical (unpaired) electrons. The maximum Gasteiger partial charge on any atom is 0.319 e. The van der Waals surface area contributed by atoms with Crippen molar-refractivity contribution < 1.29 is 18.3 Å². The Hall–Kier alpha value is -4.52. The fourth-order valence-corrected chi connectivity index (χ4v) is 5.75. The van der Waals surface area contributed by atoms with Crippen LogP contribution in [0, 0.1) is 0 Å². The van der Waals surface area contributed by atoms with Crippen LogP contribution in [0.5, 0.6) is 0 Å². The molecule has 2 amide bonds. The van der Waals surface area contributed by atoms with Crippen molar-refractivity contribution in [1.82, 2.24) is 24.8 Å². The van der Waals surface area contributed by atoms with Crippen LogP contribution in [0.25, 0.3) is 16.9 Å². The van der Waals surface area contributed by atoms with Gasteiger partial charge in [0.1, 0.15) is 11.6 Å². The maximum atomic E-state index is 14.2. The summed E-state index contributed by atoms with van der Waals surface area (Å²) in [5, 5.41) is 9.45. The van der Waals surface area contributed by atoms with E-state index in [1.54, 1.807) is 30.3 Å². The maximum absolute atomic E-state index is 14.2.